The van der Waals surface area contributed by atoms with Gasteiger partial charge in [0, 0.05) is 21.1 Å². The van der Waals surface area contributed by atoms with Crippen molar-refractivity contribution in [3.8, 4) is 16.3 Å². The predicted molar refractivity (Wildman–Crippen MR) is 132 cm³/mol. The van der Waals surface area contributed by atoms with Crippen LogP contribution in [0.1, 0.15) is 52.9 Å². The van der Waals surface area contributed by atoms with Crippen molar-refractivity contribution in [3.63, 3.8) is 0 Å². The average Bonchev–Trinajstić information content (AvgIpc) is 3.39. The van der Waals surface area contributed by atoms with E-state index in [2.05, 4.69) is 11.1 Å². The Morgan fingerprint density at radius 2 is 1.97 bits per heavy atom. The maximum Gasteiger partial charge on any atom is 0.416 e. The molecule has 1 unspecified atom stereocenters. The Kier molecular flexibility index (Phi) is 7.76. The van der Waals surface area contributed by atoms with Crippen molar-refractivity contribution >= 4 is 29.1 Å². The number of methoxy groups -OCH3 is 1. The number of nitrogens with zero attached hydrogens (tertiary/aromatic N) is 1. The molecule has 0 saturated heterocycles. The third kappa shape index (κ3) is 5.83. The maximum absolute atomic E-state index is 12.9. The Hall–Kier alpha value is -2.52. The zero-order valence-corrected chi connectivity index (χ0v) is 21.3. The molecule has 1 aromatic heterocycles. The van der Waals surface area contributed by atoms with E-state index in [1.54, 1.807) is 18.9 Å². The number of ether oxygens (including phenoxy) is 2. The van der Waals surface area contributed by atoms with E-state index in [1.807, 2.05) is 19.9 Å². The Balaban J connectivity index is 1.48. The van der Waals surface area contributed by atoms with Gasteiger partial charge in [0.15, 0.2) is 0 Å². The molecule has 9 heteroatoms. The van der Waals surface area contributed by atoms with Gasteiger partial charge >= 0.3 is 12.1 Å². The molecule has 0 bridgehead atoms. The number of carbonyl (C=O) groups is 1. The van der Waals surface area contributed by atoms with Crippen LogP contribution in [0.25, 0.3) is 10.6 Å². The van der Waals surface area contributed by atoms with Crippen LogP contribution in [-0.4, -0.2) is 24.7 Å². The first kappa shape index (κ1) is 25.6. The molecule has 0 saturated carbocycles. The summed E-state index contributed by atoms with van der Waals surface area (Å²) in [5.74, 6) is 1.42. The molecular weight excluding hydrogens is 495 g/mol. The Morgan fingerprint density at radius 3 is 2.63 bits per heavy atom. The minimum absolute atomic E-state index is 0.145. The molecule has 4 rings (SSSR count). The summed E-state index contributed by atoms with van der Waals surface area (Å²) in [4.78, 5) is 18.6. The molecule has 0 aliphatic heterocycles. The summed E-state index contributed by atoms with van der Waals surface area (Å²) in [5, 5.41) is 0.703. The molecule has 2 aromatic carbocycles. The summed E-state index contributed by atoms with van der Waals surface area (Å²) in [6.07, 6.45) is -2.15. The number of aromatic nitrogens is 1. The number of benzene rings is 2. The largest absolute Gasteiger partial charge is 0.496 e. The van der Waals surface area contributed by atoms with Crippen LogP contribution in [0.15, 0.2) is 41.3 Å². The number of thioether (sulfide) groups is 1. The Morgan fingerprint density at radius 1 is 1.23 bits per heavy atom. The second-order valence-corrected chi connectivity index (χ2v) is 10.4. The van der Waals surface area contributed by atoms with Crippen LogP contribution in [0.2, 0.25) is 0 Å². The minimum atomic E-state index is -4.35. The fourth-order valence-electron chi connectivity index (χ4n) is 4.24. The lowest BCUT2D eigenvalue weighted by Gasteiger charge is -2.14. The molecule has 1 aliphatic carbocycles. The Labute approximate surface area is 210 Å². The van der Waals surface area contributed by atoms with Crippen molar-refractivity contribution in [3.05, 3.63) is 63.7 Å². The zero-order valence-electron chi connectivity index (χ0n) is 19.7. The van der Waals surface area contributed by atoms with E-state index in [0.29, 0.717) is 29.4 Å². The SMILES string of the molecule is CCOC(=O)CC1CCc2cc(SCc3sc(-c4ccc(C(F)(F)F)cc4)nc3C)c(OC)cc21. The lowest BCUT2D eigenvalue weighted by molar-refractivity contribution is -0.143. The molecule has 4 nitrogen and oxygen atoms in total. The first-order valence-electron chi connectivity index (χ1n) is 11.3. The number of hydrogen-bond donors (Lipinski definition) is 0. The second kappa shape index (κ2) is 10.6. The fourth-order valence-corrected chi connectivity index (χ4v) is 6.52. The van der Waals surface area contributed by atoms with Crippen molar-refractivity contribution in [2.75, 3.05) is 13.7 Å². The number of carbonyl (C=O) groups excluding carboxylic acids is 1. The number of thiazole rings is 1. The first-order valence-corrected chi connectivity index (χ1v) is 13.1. The summed E-state index contributed by atoms with van der Waals surface area (Å²) < 4.78 is 49.4. The quantitative estimate of drug-likeness (QED) is 0.228. The van der Waals surface area contributed by atoms with Gasteiger partial charge in [0.05, 0.1) is 31.4 Å². The zero-order chi connectivity index (χ0) is 25.2. The van der Waals surface area contributed by atoms with Crippen LogP contribution < -0.4 is 4.74 Å². The molecule has 1 atom stereocenters. The summed E-state index contributed by atoms with van der Waals surface area (Å²) in [6, 6.07) is 9.30. The van der Waals surface area contributed by atoms with Crippen LogP contribution in [-0.2, 0) is 27.9 Å². The second-order valence-electron chi connectivity index (χ2n) is 8.34. The molecule has 0 amide bonds. The van der Waals surface area contributed by atoms with E-state index in [0.717, 1.165) is 51.8 Å². The Bertz CT molecular complexity index is 1210. The molecular formula is C26H26F3NO3S2. The first-order chi connectivity index (χ1) is 16.7. The number of hydrogen-bond acceptors (Lipinski definition) is 6. The summed E-state index contributed by atoms with van der Waals surface area (Å²) in [5.41, 5.74) is 3.25. The van der Waals surface area contributed by atoms with Crippen LogP contribution in [0.3, 0.4) is 0 Å². The van der Waals surface area contributed by atoms with Gasteiger partial charge in [0.2, 0.25) is 0 Å². The van der Waals surface area contributed by atoms with E-state index >= 15 is 0 Å². The standard InChI is InChI=1S/C26H26F3NO3S2/c1-4-33-24(31)12-18-6-5-17-11-22(21(32-3)13-20(17)18)34-14-23-15(2)30-25(35-23)16-7-9-19(10-8-16)26(27,28)29/h7-11,13,18H,4-6,12,14H2,1-3H3. The molecule has 1 heterocycles. The van der Waals surface area contributed by atoms with Crippen molar-refractivity contribution in [1.29, 1.82) is 0 Å². The highest BCUT2D eigenvalue weighted by Crippen LogP contribution is 2.43. The van der Waals surface area contributed by atoms with Gasteiger partial charge in [0.25, 0.3) is 0 Å². The van der Waals surface area contributed by atoms with Crippen LogP contribution in [0, 0.1) is 6.92 Å². The van der Waals surface area contributed by atoms with Crippen LogP contribution in [0.4, 0.5) is 13.2 Å². The van der Waals surface area contributed by atoms with Gasteiger partial charge in [0.1, 0.15) is 10.8 Å². The van der Waals surface area contributed by atoms with Crippen LogP contribution >= 0.6 is 23.1 Å². The van der Waals surface area contributed by atoms with E-state index in [9.17, 15) is 18.0 Å². The predicted octanol–water partition coefficient (Wildman–Crippen LogP) is 7.42. The van der Waals surface area contributed by atoms with Crippen molar-refractivity contribution in [2.45, 2.75) is 55.9 Å². The van der Waals surface area contributed by atoms with E-state index in [4.69, 9.17) is 9.47 Å². The van der Waals surface area contributed by atoms with Crippen molar-refractivity contribution < 1.29 is 27.4 Å². The van der Waals surface area contributed by atoms with E-state index in [1.165, 1.54) is 29.0 Å². The van der Waals surface area contributed by atoms with Crippen LogP contribution in [0.5, 0.6) is 5.75 Å². The number of esters is 1. The molecule has 186 valence electrons. The van der Waals surface area contributed by atoms with Gasteiger partial charge in [-0.1, -0.05) is 12.1 Å². The lowest BCUT2D eigenvalue weighted by atomic mass is 9.98. The number of halogens is 3. The molecule has 0 N–H and O–H groups in total. The van der Waals surface area contributed by atoms with Gasteiger partial charge in [-0.25, -0.2) is 4.98 Å². The van der Waals surface area contributed by atoms with Gasteiger partial charge in [-0.3, -0.25) is 4.79 Å². The number of aryl methyl sites for hydroxylation is 2. The average molecular weight is 522 g/mol. The van der Waals surface area contributed by atoms with E-state index < -0.39 is 11.7 Å². The fraction of sp³-hybridized carbons (Fsp3) is 0.385. The molecule has 0 radical (unpaired) electrons. The number of fused-ring (bicyclic) bond motifs is 1. The normalized spacial score (nSPS) is 15.2. The maximum atomic E-state index is 12.9. The van der Waals surface area contributed by atoms with Gasteiger partial charge < -0.3 is 9.47 Å². The molecule has 0 fully saturated rings. The van der Waals surface area contributed by atoms with Gasteiger partial charge in [-0.05, 0) is 68.0 Å². The summed E-state index contributed by atoms with van der Waals surface area (Å²) in [7, 11) is 1.64. The van der Waals surface area contributed by atoms with Crippen molar-refractivity contribution in [1.82, 2.24) is 4.98 Å². The number of rotatable bonds is 8. The lowest BCUT2D eigenvalue weighted by Crippen LogP contribution is -2.08. The summed E-state index contributed by atoms with van der Waals surface area (Å²) >= 11 is 3.14. The van der Waals surface area contributed by atoms with Gasteiger partial charge in [-0.15, -0.1) is 23.1 Å². The minimum Gasteiger partial charge on any atom is -0.496 e. The topological polar surface area (TPSA) is 48.4 Å². The third-order valence-electron chi connectivity index (χ3n) is 6.06. The highest BCUT2D eigenvalue weighted by molar-refractivity contribution is 7.98. The summed E-state index contributed by atoms with van der Waals surface area (Å²) in [6.45, 7) is 4.11. The molecule has 1 aliphatic rings. The van der Waals surface area contributed by atoms with Gasteiger partial charge in [-0.2, -0.15) is 13.2 Å². The highest BCUT2D eigenvalue weighted by Gasteiger charge is 2.30. The highest BCUT2D eigenvalue weighted by atomic mass is 32.2. The molecule has 3 aromatic rings. The van der Waals surface area contributed by atoms with E-state index in [-0.39, 0.29) is 11.9 Å². The molecule has 0 spiro atoms. The molecule has 35 heavy (non-hydrogen) atoms. The third-order valence-corrected chi connectivity index (χ3v) is 8.51. The number of alkyl halides is 3. The monoisotopic (exact) mass is 521 g/mol. The smallest absolute Gasteiger partial charge is 0.416 e. The van der Waals surface area contributed by atoms with Crippen molar-refractivity contribution in [2.24, 2.45) is 0 Å².